The highest BCUT2D eigenvalue weighted by atomic mass is 32.2. The summed E-state index contributed by atoms with van der Waals surface area (Å²) >= 11 is 1.73. The summed E-state index contributed by atoms with van der Waals surface area (Å²) in [5.41, 5.74) is 0.888. The summed E-state index contributed by atoms with van der Waals surface area (Å²) in [7, 11) is 0. The van der Waals surface area contributed by atoms with Gasteiger partial charge in [-0.3, -0.25) is 5.32 Å². The Hall–Kier alpha value is -1.23. The van der Waals surface area contributed by atoms with E-state index in [1.165, 1.54) is 0 Å². The van der Waals surface area contributed by atoms with Crippen LogP contribution in [0, 0.1) is 6.92 Å². The van der Waals surface area contributed by atoms with Gasteiger partial charge in [-0.2, -0.15) is 11.8 Å². The Morgan fingerprint density at radius 2 is 2.29 bits per heavy atom. The number of hydrogen-bond acceptors (Lipinski definition) is 3. The number of nitrogens with zero attached hydrogens (tertiary/aromatic N) is 1. The fraction of sp³-hybridized carbons (Fsp3) is 0.500. The van der Waals surface area contributed by atoms with Gasteiger partial charge in [0.2, 0.25) is 0 Å². The van der Waals surface area contributed by atoms with Gasteiger partial charge in [0.05, 0.1) is 0 Å². The molecule has 1 atom stereocenters. The van der Waals surface area contributed by atoms with Gasteiger partial charge < -0.3 is 5.32 Å². The quantitative estimate of drug-likeness (QED) is 0.848. The largest absolute Gasteiger partial charge is 0.334 e. The summed E-state index contributed by atoms with van der Waals surface area (Å²) in [5.74, 6) is 1.51. The Balaban J connectivity index is 2.49. The third-order valence-electron chi connectivity index (χ3n) is 2.33. The van der Waals surface area contributed by atoms with Crippen LogP contribution in [0.5, 0.6) is 0 Å². The maximum absolute atomic E-state index is 11.7. The number of carbonyl (C=O) groups is 1. The first kappa shape index (κ1) is 13.8. The summed E-state index contributed by atoms with van der Waals surface area (Å²) < 4.78 is 0. The molecule has 1 aromatic rings. The highest BCUT2D eigenvalue weighted by molar-refractivity contribution is 7.98. The van der Waals surface area contributed by atoms with Gasteiger partial charge in [0.25, 0.3) is 0 Å². The molecule has 0 unspecified atom stereocenters. The molecule has 0 radical (unpaired) electrons. The minimum atomic E-state index is -0.191. The van der Waals surface area contributed by atoms with Crippen LogP contribution in [0.15, 0.2) is 18.2 Å². The van der Waals surface area contributed by atoms with Gasteiger partial charge in [-0.05, 0) is 31.7 Å². The van der Waals surface area contributed by atoms with Crippen molar-refractivity contribution < 1.29 is 4.79 Å². The van der Waals surface area contributed by atoms with Crippen molar-refractivity contribution in [1.82, 2.24) is 10.3 Å². The number of anilines is 1. The molecule has 94 valence electrons. The molecule has 0 aliphatic heterocycles. The average Bonchev–Trinajstić information content (AvgIpc) is 2.28. The number of aryl methyl sites for hydroxylation is 1. The first-order chi connectivity index (χ1) is 8.15. The predicted molar refractivity (Wildman–Crippen MR) is 73.6 cm³/mol. The second-order valence-electron chi connectivity index (χ2n) is 3.82. The van der Waals surface area contributed by atoms with Gasteiger partial charge in [0.1, 0.15) is 5.82 Å². The van der Waals surface area contributed by atoms with E-state index < -0.39 is 0 Å². The zero-order valence-corrected chi connectivity index (χ0v) is 11.3. The van der Waals surface area contributed by atoms with Crippen LogP contribution in [0.2, 0.25) is 0 Å². The summed E-state index contributed by atoms with van der Waals surface area (Å²) in [5, 5.41) is 5.66. The number of rotatable bonds is 5. The molecule has 2 N–H and O–H groups in total. The second-order valence-corrected chi connectivity index (χ2v) is 4.73. The van der Waals surface area contributed by atoms with Crippen molar-refractivity contribution in [1.29, 1.82) is 0 Å². The molecule has 4 nitrogen and oxygen atoms in total. The van der Waals surface area contributed by atoms with Crippen molar-refractivity contribution in [2.45, 2.75) is 26.3 Å². The molecule has 0 spiro atoms. The Kier molecular flexibility index (Phi) is 5.83. The lowest BCUT2D eigenvalue weighted by Crippen LogP contribution is -2.39. The lowest BCUT2D eigenvalue weighted by atomic mass is 10.3. The molecule has 1 heterocycles. The molecule has 1 rings (SSSR count). The van der Waals surface area contributed by atoms with Gasteiger partial charge in [0.15, 0.2) is 0 Å². The van der Waals surface area contributed by atoms with Crippen LogP contribution in [0.3, 0.4) is 0 Å². The number of urea groups is 1. The van der Waals surface area contributed by atoms with E-state index in [1.54, 1.807) is 17.8 Å². The first-order valence-electron chi connectivity index (χ1n) is 5.65. The Morgan fingerprint density at radius 3 is 2.88 bits per heavy atom. The van der Waals surface area contributed by atoms with Crippen LogP contribution in [-0.2, 0) is 0 Å². The molecule has 0 bridgehead atoms. The van der Waals surface area contributed by atoms with Gasteiger partial charge in [-0.1, -0.05) is 13.0 Å². The van der Waals surface area contributed by atoms with Gasteiger partial charge in [-0.25, -0.2) is 9.78 Å². The predicted octanol–water partition coefficient (Wildman–Crippen LogP) is 2.65. The van der Waals surface area contributed by atoms with Crippen LogP contribution in [0.25, 0.3) is 0 Å². The van der Waals surface area contributed by atoms with Crippen molar-refractivity contribution >= 4 is 23.6 Å². The topological polar surface area (TPSA) is 54.0 Å². The molecule has 17 heavy (non-hydrogen) atoms. The summed E-state index contributed by atoms with van der Waals surface area (Å²) in [6, 6.07) is 5.56. The van der Waals surface area contributed by atoms with Gasteiger partial charge in [0, 0.05) is 17.5 Å². The number of nitrogens with one attached hydrogen (secondary N) is 2. The minimum absolute atomic E-state index is 0.191. The van der Waals surface area contributed by atoms with Crippen molar-refractivity contribution in [2.75, 3.05) is 17.3 Å². The molecule has 2 amide bonds. The van der Waals surface area contributed by atoms with Crippen LogP contribution < -0.4 is 10.6 Å². The monoisotopic (exact) mass is 253 g/mol. The fourth-order valence-electron chi connectivity index (χ4n) is 1.41. The van der Waals surface area contributed by atoms with E-state index in [2.05, 4.69) is 22.5 Å². The van der Waals surface area contributed by atoms with Gasteiger partial charge >= 0.3 is 6.03 Å². The molecule has 0 aliphatic rings. The van der Waals surface area contributed by atoms with E-state index in [1.807, 2.05) is 25.3 Å². The van der Waals surface area contributed by atoms with E-state index in [9.17, 15) is 4.79 Å². The highest BCUT2D eigenvalue weighted by Crippen LogP contribution is 2.05. The van der Waals surface area contributed by atoms with Gasteiger partial charge in [-0.15, -0.1) is 0 Å². The summed E-state index contributed by atoms with van der Waals surface area (Å²) in [4.78, 5) is 15.9. The lowest BCUT2D eigenvalue weighted by Gasteiger charge is -2.16. The fourth-order valence-corrected chi connectivity index (χ4v) is 2.13. The van der Waals surface area contributed by atoms with Crippen molar-refractivity contribution in [3.8, 4) is 0 Å². The minimum Gasteiger partial charge on any atom is -0.334 e. The lowest BCUT2D eigenvalue weighted by molar-refractivity contribution is 0.249. The zero-order valence-electron chi connectivity index (χ0n) is 10.5. The van der Waals surface area contributed by atoms with Crippen LogP contribution in [0.4, 0.5) is 10.6 Å². The maximum atomic E-state index is 11.7. The number of pyridine rings is 1. The van der Waals surface area contributed by atoms with E-state index >= 15 is 0 Å². The second kappa shape index (κ2) is 7.17. The molecule has 0 fully saturated rings. The van der Waals surface area contributed by atoms with E-state index in [-0.39, 0.29) is 12.1 Å². The molecular formula is C12H19N3OS. The molecule has 0 saturated heterocycles. The number of aromatic nitrogens is 1. The summed E-state index contributed by atoms with van der Waals surface area (Å²) in [6.45, 7) is 3.96. The Labute approximate surface area is 107 Å². The van der Waals surface area contributed by atoms with Crippen LogP contribution in [0.1, 0.15) is 19.0 Å². The Bertz CT molecular complexity index is 371. The smallest absolute Gasteiger partial charge is 0.320 e. The third-order valence-corrected chi connectivity index (χ3v) is 3.06. The van der Waals surface area contributed by atoms with E-state index in [4.69, 9.17) is 0 Å². The molecular weight excluding hydrogens is 234 g/mol. The standard InChI is InChI=1S/C12H19N3OS/c1-4-10(8-17-3)14-12(16)15-11-7-5-6-9(2)13-11/h5-7,10H,4,8H2,1-3H3,(H2,13,14,15,16)/t10-/m1/s1. The van der Waals surface area contributed by atoms with E-state index in [0.717, 1.165) is 17.9 Å². The highest BCUT2D eigenvalue weighted by Gasteiger charge is 2.09. The normalized spacial score (nSPS) is 11.9. The zero-order chi connectivity index (χ0) is 12.7. The molecule has 0 aliphatic carbocycles. The van der Waals surface area contributed by atoms with Crippen molar-refractivity contribution in [2.24, 2.45) is 0 Å². The van der Waals surface area contributed by atoms with Crippen LogP contribution >= 0.6 is 11.8 Å². The summed E-state index contributed by atoms with van der Waals surface area (Å²) in [6.07, 6.45) is 2.96. The first-order valence-corrected chi connectivity index (χ1v) is 7.05. The molecule has 1 aromatic heterocycles. The number of hydrogen-bond donors (Lipinski definition) is 2. The number of carbonyl (C=O) groups excluding carboxylic acids is 1. The van der Waals surface area contributed by atoms with Crippen LogP contribution in [-0.4, -0.2) is 29.1 Å². The molecule has 0 aromatic carbocycles. The molecule has 0 saturated carbocycles. The average molecular weight is 253 g/mol. The van der Waals surface area contributed by atoms with Crippen molar-refractivity contribution in [3.05, 3.63) is 23.9 Å². The number of thioether (sulfide) groups is 1. The third kappa shape index (κ3) is 5.08. The maximum Gasteiger partial charge on any atom is 0.320 e. The van der Waals surface area contributed by atoms with Crippen molar-refractivity contribution in [3.63, 3.8) is 0 Å². The number of amides is 2. The SMILES string of the molecule is CC[C@H](CSC)NC(=O)Nc1cccc(C)n1. The van der Waals surface area contributed by atoms with E-state index in [0.29, 0.717) is 5.82 Å². The Morgan fingerprint density at radius 1 is 1.53 bits per heavy atom. The molecule has 5 heteroatoms.